The Morgan fingerprint density at radius 2 is 1.36 bits per heavy atom. The van der Waals surface area contributed by atoms with Gasteiger partial charge in [-0.15, -0.1) is 0 Å². The Balaban J connectivity index is 1.98. The molecule has 28 heavy (non-hydrogen) atoms. The van der Waals surface area contributed by atoms with Crippen LogP contribution in [0.3, 0.4) is 0 Å². The summed E-state index contributed by atoms with van der Waals surface area (Å²) in [4.78, 5) is 0. The smallest absolute Gasteiger partial charge is 0.146 e. The second-order valence-corrected chi connectivity index (χ2v) is 20.8. The van der Waals surface area contributed by atoms with E-state index in [1.807, 2.05) is 0 Å². The van der Waals surface area contributed by atoms with Crippen molar-refractivity contribution in [3.05, 3.63) is 29.3 Å². The molecule has 3 nitrogen and oxygen atoms in total. The lowest BCUT2D eigenvalue weighted by Crippen LogP contribution is -2.37. The summed E-state index contributed by atoms with van der Waals surface area (Å²) in [5.74, 6) is 0. The Hall–Kier alpha value is -0.466. The van der Waals surface area contributed by atoms with Crippen LogP contribution in [-0.4, -0.2) is 42.8 Å². The average molecular weight is 425 g/mol. The molecule has 0 saturated carbocycles. The minimum Gasteiger partial charge on any atom is -0.377 e. The van der Waals surface area contributed by atoms with Crippen molar-refractivity contribution in [3.8, 4) is 0 Å². The zero-order chi connectivity index (χ0) is 21.0. The number of ether oxygens (including phenoxy) is 3. The van der Waals surface area contributed by atoms with Crippen molar-refractivity contribution in [1.82, 2.24) is 0 Å². The Kier molecular flexibility index (Phi) is 11.8. The molecule has 0 aliphatic carbocycles. The fourth-order valence-corrected chi connectivity index (χ4v) is 4.81. The van der Waals surface area contributed by atoms with E-state index in [-0.39, 0.29) is 0 Å². The van der Waals surface area contributed by atoms with Crippen LogP contribution >= 0.6 is 0 Å². The quantitative estimate of drug-likeness (QED) is 0.198. The van der Waals surface area contributed by atoms with Crippen LogP contribution in [-0.2, 0) is 20.8 Å². The van der Waals surface area contributed by atoms with E-state index in [2.05, 4.69) is 64.4 Å². The van der Waals surface area contributed by atoms with Gasteiger partial charge in [0, 0.05) is 27.9 Å². The zero-order valence-corrected chi connectivity index (χ0v) is 21.5. The van der Waals surface area contributed by atoms with Gasteiger partial charge in [0.25, 0.3) is 0 Å². The molecule has 0 spiro atoms. The van der Waals surface area contributed by atoms with Crippen molar-refractivity contribution in [3.63, 3.8) is 0 Å². The predicted octanol–water partition coefficient (Wildman–Crippen LogP) is 5.95. The van der Waals surface area contributed by atoms with E-state index in [0.29, 0.717) is 6.79 Å². The second-order valence-electron chi connectivity index (χ2n) is 10.1. The summed E-state index contributed by atoms with van der Waals surface area (Å²) in [6, 6.07) is 8.12. The summed E-state index contributed by atoms with van der Waals surface area (Å²) in [6.45, 7) is 20.2. The number of aryl methyl sites for hydroxylation is 1. The molecule has 0 unspecified atom stereocenters. The SMILES string of the molecule is Cc1cc([Si](C)(C)C)ccc1COCCCCCCOCOCC[Si](C)(C)C. The Bertz CT molecular complexity index is 548. The monoisotopic (exact) mass is 424 g/mol. The predicted molar refractivity (Wildman–Crippen MR) is 127 cm³/mol. The first-order chi connectivity index (χ1) is 13.1. The topological polar surface area (TPSA) is 27.7 Å². The van der Waals surface area contributed by atoms with Gasteiger partial charge < -0.3 is 14.2 Å². The highest BCUT2D eigenvalue weighted by molar-refractivity contribution is 6.88. The van der Waals surface area contributed by atoms with Gasteiger partial charge in [-0.1, -0.05) is 75.5 Å². The summed E-state index contributed by atoms with van der Waals surface area (Å²) in [7, 11) is -2.20. The van der Waals surface area contributed by atoms with Crippen molar-refractivity contribution in [2.75, 3.05) is 26.6 Å². The molecule has 0 radical (unpaired) electrons. The molecule has 5 heteroatoms. The Labute approximate surface area is 176 Å². The third-order valence-electron chi connectivity index (χ3n) is 4.96. The number of hydrogen-bond donors (Lipinski definition) is 0. The normalized spacial score (nSPS) is 12.5. The Morgan fingerprint density at radius 1 is 0.750 bits per heavy atom. The van der Waals surface area contributed by atoms with E-state index in [1.54, 1.807) is 0 Å². The lowest BCUT2D eigenvalue weighted by molar-refractivity contribution is -0.0504. The van der Waals surface area contributed by atoms with E-state index in [4.69, 9.17) is 14.2 Å². The average Bonchev–Trinajstić information content (AvgIpc) is 2.58. The lowest BCUT2D eigenvalue weighted by Gasteiger charge is -2.18. The molecule has 1 rings (SSSR count). The highest BCUT2D eigenvalue weighted by Gasteiger charge is 2.16. The van der Waals surface area contributed by atoms with Crippen molar-refractivity contribution >= 4 is 21.3 Å². The van der Waals surface area contributed by atoms with Gasteiger partial charge in [-0.2, -0.15) is 0 Å². The number of hydrogen-bond acceptors (Lipinski definition) is 3. The lowest BCUT2D eigenvalue weighted by atomic mass is 10.1. The molecule has 0 atom stereocenters. The summed E-state index contributed by atoms with van der Waals surface area (Å²) < 4.78 is 17.0. The van der Waals surface area contributed by atoms with E-state index in [9.17, 15) is 0 Å². The van der Waals surface area contributed by atoms with Gasteiger partial charge in [0.15, 0.2) is 0 Å². The fourth-order valence-electron chi connectivity index (χ4n) is 2.82. The van der Waals surface area contributed by atoms with Crippen LogP contribution in [0, 0.1) is 6.92 Å². The van der Waals surface area contributed by atoms with Gasteiger partial charge in [-0.3, -0.25) is 0 Å². The molecule has 0 N–H and O–H groups in total. The van der Waals surface area contributed by atoms with Crippen LogP contribution in [0.25, 0.3) is 0 Å². The fraction of sp³-hybridized carbons (Fsp3) is 0.739. The van der Waals surface area contributed by atoms with Crippen LogP contribution in [0.15, 0.2) is 18.2 Å². The first kappa shape index (κ1) is 25.6. The van der Waals surface area contributed by atoms with Gasteiger partial charge in [0.05, 0.1) is 14.7 Å². The highest BCUT2D eigenvalue weighted by atomic mass is 28.3. The summed E-state index contributed by atoms with van der Waals surface area (Å²) >= 11 is 0. The molecular formula is C23H44O3Si2. The number of unbranched alkanes of at least 4 members (excludes halogenated alkanes) is 3. The highest BCUT2D eigenvalue weighted by Crippen LogP contribution is 2.12. The maximum atomic E-state index is 5.89. The van der Waals surface area contributed by atoms with E-state index < -0.39 is 16.1 Å². The first-order valence-electron chi connectivity index (χ1n) is 10.9. The van der Waals surface area contributed by atoms with Gasteiger partial charge in [0.2, 0.25) is 0 Å². The van der Waals surface area contributed by atoms with Crippen LogP contribution in [0.1, 0.15) is 36.8 Å². The van der Waals surface area contributed by atoms with Crippen LogP contribution in [0.5, 0.6) is 0 Å². The maximum absolute atomic E-state index is 5.89. The third kappa shape index (κ3) is 12.2. The van der Waals surface area contributed by atoms with Crippen molar-refractivity contribution in [2.24, 2.45) is 0 Å². The largest absolute Gasteiger partial charge is 0.377 e. The molecule has 0 aromatic heterocycles. The molecule has 0 saturated heterocycles. The molecule has 0 aliphatic heterocycles. The first-order valence-corrected chi connectivity index (χ1v) is 18.1. The Morgan fingerprint density at radius 3 is 1.93 bits per heavy atom. The van der Waals surface area contributed by atoms with Crippen LogP contribution < -0.4 is 5.19 Å². The second kappa shape index (κ2) is 13.0. The van der Waals surface area contributed by atoms with Gasteiger partial charge in [-0.25, -0.2) is 0 Å². The van der Waals surface area contributed by atoms with Gasteiger partial charge in [-0.05, 0) is 36.9 Å². The maximum Gasteiger partial charge on any atom is 0.146 e. The minimum atomic E-state index is -1.22. The molecule has 0 aliphatic rings. The van der Waals surface area contributed by atoms with Gasteiger partial charge >= 0.3 is 0 Å². The van der Waals surface area contributed by atoms with Gasteiger partial charge in [0.1, 0.15) is 6.79 Å². The van der Waals surface area contributed by atoms with E-state index >= 15 is 0 Å². The summed E-state index contributed by atoms with van der Waals surface area (Å²) in [5, 5.41) is 1.53. The molecule has 0 fully saturated rings. The van der Waals surface area contributed by atoms with E-state index in [1.165, 1.54) is 35.2 Å². The van der Waals surface area contributed by atoms with Crippen molar-refractivity contribution in [1.29, 1.82) is 0 Å². The molecule has 0 amide bonds. The molecule has 1 aromatic rings. The third-order valence-corrected chi connectivity index (χ3v) is 8.70. The van der Waals surface area contributed by atoms with Crippen molar-refractivity contribution < 1.29 is 14.2 Å². The van der Waals surface area contributed by atoms with Crippen LogP contribution in [0.4, 0.5) is 0 Å². The minimum absolute atomic E-state index is 0.448. The number of rotatable bonds is 15. The molecule has 0 bridgehead atoms. The van der Waals surface area contributed by atoms with Crippen molar-refractivity contribution in [2.45, 2.75) is 84.5 Å². The number of benzene rings is 1. The van der Waals surface area contributed by atoms with E-state index in [0.717, 1.165) is 39.3 Å². The zero-order valence-electron chi connectivity index (χ0n) is 19.5. The molecular weight excluding hydrogens is 380 g/mol. The molecule has 0 heterocycles. The summed E-state index contributed by atoms with van der Waals surface area (Å²) in [5.41, 5.74) is 2.69. The van der Waals surface area contributed by atoms with Crippen LogP contribution in [0.2, 0.25) is 45.3 Å². The standard InChI is InChI=1S/C23H44O3Si2/c1-21-18-23(28(5,6)7)13-12-22(21)19-24-14-10-8-9-11-15-25-20-26-16-17-27(2,3)4/h12-13,18H,8-11,14-17,19-20H2,1-7H3. The summed E-state index contributed by atoms with van der Waals surface area (Å²) in [6.07, 6.45) is 4.63. The molecule has 162 valence electrons. The molecule has 1 aromatic carbocycles.